The fourth-order valence-corrected chi connectivity index (χ4v) is 2.41. The number of benzene rings is 1. The van der Waals surface area contributed by atoms with Crippen LogP contribution in [0.4, 0.5) is 5.69 Å². The molecule has 2 rings (SSSR count). The van der Waals surface area contributed by atoms with Gasteiger partial charge in [0.2, 0.25) is 12.3 Å². The van der Waals surface area contributed by atoms with E-state index in [4.69, 9.17) is 4.42 Å². The van der Waals surface area contributed by atoms with Crippen molar-refractivity contribution in [2.75, 3.05) is 5.32 Å². The van der Waals surface area contributed by atoms with E-state index in [0.717, 1.165) is 23.6 Å². The third kappa shape index (κ3) is 4.06. The van der Waals surface area contributed by atoms with Crippen LogP contribution in [0.25, 0.3) is 11.5 Å². The number of anilines is 1. The van der Waals surface area contributed by atoms with E-state index in [0.29, 0.717) is 11.9 Å². The number of hydrogen-bond acceptors (Lipinski definition) is 4. The van der Waals surface area contributed by atoms with Crippen LogP contribution in [-0.2, 0) is 0 Å². The normalized spacial score (nSPS) is 13.9. The van der Waals surface area contributed by atoms with E-state index in [9.17, 15) is 0 Å². The van der Waals surface area contributed by atoms with Crippen LogP contribution in [0.1, 0.15) is 45.6 Å². The Hall–Kier alpha value is -1.84. The lowest BCUT2D eigenvalue weighted by Crippen LogP contribution is -2.21. The van der Waals surface area contributed by atoms with Gasteiger partial charge in [0.05, 0.1) is 0 Å². The molecule has 0 saturated carbocycles. The van der Waals surface area contributed by atoms with E-state index >= 15 is 0 Å². The van der Waals surface area contributed by atoms with Crippen molar-refractivity contribution in [3.8, 4) is 11.5 Å². The molecule has 0 bridgehead atoms. The summed E-state index contributed by atoms with van der Waals surface area (Å²) in [5.41, 5.74) is 3.35. The molecule has 4 heteroatoms. The van der Waals surface area contributed by atoms with Crippen molar-refractivity contribution in [3.05, 3.63) is 30.2 Å². The molecule has 0 spiro atoms. The first-order chi connectivity index (χ1) is 10.1. The van der Waals surface area contributed by atoms with Gasteiger partial charge in [0.15, 0.2) is 0 Å². The summed E-state index contributed by atoms with van der Waals surface area (Å²) in [6.45, 7) is 8.91. The second-order valence-corrected chi connectivity index (χ2v) is 5.77. The van der Waals surface area contributed by atoms with E-state index in [1.54, 1.807) is 0 Å². The SMILES string of the molecule is CCC(C)CC(CC)Nc1cc(-c2nnco2)ccc1C. The van der Waals surface area contributed by atoms with E-state index in [-0.39, 0.29) is 0 Å². The number of nitrogens with zero attached hydrogens (tertiary/aromatic N) is 2. The monoisotopic (exact) mass is 287 g/mol. The third-order valence-electron chi connectivity index (χ3n) is 4.08. The van der Waals surface area contributed by atoms with Crippen LogP contribution in [0.15, 0.2) is 29.0 Å². The van der Waals surface area contributed by atoms with Gasteiger partial charge >= 0.3 is 0 Å². The Morgan fingerprint density at radius 1 is 1.24 bits per heavy atom. The Balaban J connectivity index is 2.16. The van der Waals surface area contributed by atoms with Gasteiger partial charge in [0.1, 0.15) is 0 Å². The van der Waals surface area contributed by atoms with Crippen molar-refractivity contribution in [1.82, 2.24) is 10.2 Å². The predicted molar refractivity (Wildman–Crippen MR) is 86.2 cm³/mol. The van der Waals surface area contributed by atoms with Gasteiger partial charge in [0, 0.05) is 17.3 Å². The van der Waals surface area contributed by atoms with E-state index < -0.39 is 0 Å². The van der Waals surface area contributed by atoms with Crippen LogP contribution in [0, 0.1) is 12.8 Å². The molecule has 0 fully saturated rings. The van der Waals surface area contributed by atoms with Crippen molar-refractivity contribution < 1.29 is 4.42 Å². The van der Waals surface area contributed by atoms with Gasteiger partial charge < -0.3 is 9.73 Å². The molecule has 1 heterocycles. The van der Waals surface area contributed by atoms with Gasteiger partial charge in [-0.3, -0.25) is 0 Å². The number of hydrogen-bond donors (Lipinski definition) is 1. The minimum atomic E-state index is 0.497. The molecule has 0 radical (unpaired) electrons. The maximum absolute atomic E-state index is 5.28. The average molecular weight is 287 g/mol. The number of rotatable bonds is 7. The molecule has 0 saturated heterocycles. The second-order valence-electron chi connectivity index (χ2n) is 5.77. The highest BCUT2D eigenvalue weighted by Crippen LogP contribution is 2.26. The summed E-state index contributed by atoms with van der Waals surface area (Å²) in [5, 5.41) is 11.4. The molecule has 1 aromatic heterocycles. The Morgan fingerprint density at radius 2 is 2.05 bits per heavy atom. The van der Waals surface area contributed by atoms with Crippen LogP contribution < -0.4 is 5.32 Å². The zero-order valence-corrected chi connectivity index (χ0v) is 13.4. The second kappa shape index (κ2) is 7.25. The van der Waals surface area contributed by atoms with Gasteiger partial charge in [-0.15, -0.1) is 10.2 Å². The molecule has 4 nitrogen and oxygen atoms in total. The van der Waals surface area contributed by atoms with Crippen molar-refractivity contribution in [2.24, 2.45) is 5.92 Å². The summed E-state index contributed by atoms with van der Waals surface area (Å²) in [5.74, 6) is 1.30. The van der Waals surface area contributed by atoms with Crippen molar-refractivity contribution in [3.63, 3.8) is 0 Å². The summed E-state index contributed by atoms with van der Waals surface area (Å²) in [7, 11) is 0. The molecule has 1 N–H and O–H groups in total. The van der Waals surface area contributed by atoms with E-state index in [2.05, 4.69) is 55.3 Å². The maximum atomic E-state index is 5.28. The van der Waals surface area contributed by atoms with Gasteiger partial charge in [-0.2, -0.15) is 0 Å². The molecule has 0 aliphatic carbocycles. The summed E-state index contributed by atoms with van der Waals surface area (Å²) in [6, 6.07) is 6.71. The van der Waals surface area contributed by atoms with E-state index in [1.807, 2.05) is 6.07 Å². The quantitative estimate of drug-likeness (QED) is 0.804. The number of aryl methyl sites for hydroxylation is 1. The molecule has 0 aliphatic rings. The number of nitrogens with one attached hydrogen (secondary N) is 1. The zero-order valence-electron chi connectivity index (χ0n) is 13.4. The van der Waals surface area contributed by atoms with Gasteiger partial charge in [-0.25, -0.2) is 0 Å². The highest BCUT2D eigenvalue weighted by molar-refractivity contribution is 5.64. The largest absolute Gasteiger partial charge is 0.423 e. The molecule has 1 aromatic carbocycles. The van der Waals surface area contributed by atoms with Gasteiger partial charge in [-0.05, 0) is 43.4 Å². The molecule has 2 aromatic rings. The van der Waals surface area contributed by atoms with Gasteiger partial charge in [-0.1, -0.05) is 33.3 Å². The minimum absolute atomic E-state index is 0.497. The molecule has 2 unspecified atom stereocenters. The summed E-state index contributed by atoms with van der Waals surface area (Å²) < 4.78 is 5.28. The summed E-state index contributed by atoms with van der Waals surface area (Å²) in [6.07, 6.45) is 4.89. The fourth-order valence-electron chi connectivity index (χ4n) is 2.41. The van der Waals surface area contributed by atoms with Crippen molar-refractivity contribution >= 4 is 5.69 Å². The lowest BCUT2D eigenvalue weighted by Gasteiger charge is -2.22. The molecule has 2 atom stereocenters. The lowest BCUT2D eigenvalue weighted by molar-refractivity contribution is 0.461. The minimum Gasteiger partial charge on any atom is -0.423 e. The number of aromatic nitrogens is 2. The first-order valence-electron chi connectivity index (χ1n) is 7.77. The van der Waals surface area contributed by atoms with Gasteiger partial charge in [0.25, 0.3) is 0 Å². The van der Waals surface area contributed by atoms with Crippen LogP contribution in [0.3, 0.4) is 0 Å². The fraction of sp³-hybridized carbons (Fsp3) is 0.529. The lowest BCUT2D eigenvalue weighted by atomic mass is 9.97. The smallest absolute Gasteiger partial charge is 0.247 e. The van der Waals surface area contributed by atoms with Crippen LogP contribution >= 0.6 is 0 Å². The van der Waals surface area contributed by atoms with Crippen LogP contribution in [0.5, 0.6) is 0 Å². The molecule has 0 amide bonds. The van der Waals surface area contributed by atoms with Crippen LogP contribution in [0.2, 0.25) is 0 Å². The standard InChI is InChI=1S/C17H25N3O/c1-5-12(3)9-15(6-2)19-16-10-14(8-7-13(16)4)17-20-18-11-21-17/h7-8,10-12,15,19H,5-6,9H2,1-4H3. The molecular weight excluding hydrogens is 262 g/mol. The molecular formula is C17H25N3O. The van der Waals surface area contributed by atoms with E-state index in [1.165, 1.54) is 24.8 Å². The zero-order chi connectivity index (χ0) is 15.2. The first kappa shape index (κ1) is 15.5. The average Bonchev–Trinajstić information content (AvgIpc) is 3.02. The van der Waals surface area contributed by atoms with Crippen molar-refractivity contribution in [2.45, 2.75) is 53.0 Å². The molecule has 0 aliphatic heterocycles. The Bertz CT molecular complexity index is 551. The molecule has 114 valence electrons. The first-order valence-corrected chi connectivity index (χ1v) is 7.77. The Kier molecular flexibility index (Phi) is 5.37. The Morgan fingerprint density at radius 3 is 2.67 bits per heavy atom. The summed E-state index contributed by atoms with van der Waals surface area (Å²) >= 11 is 0. The topological polar surface area (TPSA) is 51.0 Å². The summed E-state index contributed by atoms with van der Waals surface area (Å²) in [4.78, 5) is 0. The third-order valence-corrected chi connectivity index (χ3v) is 4.08. The van der Waals surface area contributed by atoms with Crippen LogP contribution in [-0.4, -0.2) is 16.2 Å². The van der Waals surface area contributed by atoms with Crippen molar-refractivity contribution in [1.29, 1.82) is 0 Å². The predicted octanol–water partition coefficient (Wildman–Crippen LogP) is 4.67. The maximum Gasteiger partial charge on any atom is 0.247 e. The Labute approximate surface area is 127 Å². The highest BCUT2D eigenvalue weighted by atomic mass is 16.4. The molecule has 21 heavy (non-hydrogen) atoms. The highest BCUT2D eigenvalue weighted by Gasteiger charge is 2.13.